The molecule has 1 aliphatic rings. The van der Waals surface area contributed by atoms with Crippen molar-refractivity contribution in [3.63, 3.8) is 0 Å². The van der Waals surface area contributed by atoms with Crippen LogP contribution in [0.2, 0.25) is 5.02 Å². The lowest BCUT2D eigenvalue weighted by molar-refractivity contribution is -0.138. The first-order valence-electron chi connectivity index (χ1n) is 10.6. The van der Waals surface area contributed by atoms with Crippen molar-refractivity contribution in [2.45, 2.75) is 46.0 Å². The summed E-state index contributed by atoms with van der Waals surface area (Å²) < 4.78 is 0. The van der Waals surface area contributed by atoms with Crippen LogP contribution >= 0.6 is 35.6 Å². The molecule has 2 rings (SSSR count). The molecule has 7 nitrogen and oxygen atoms in total. The normalized spacial score (nSPS) is 15.1. The minimum Gasteiger partial charge on any atom is -0.357 e. The Morgan fingerprint density at radius 2 is 1.87 bits per heavy atom. The molecule has 0 atom stereocenters. The first-order valence-corrected chi connectivity index (χ1v) is 11.0. The van der Waals surface area contributed by atoms with Crippen LogP contribution in [0.15, 0.2) is 23.2 Å². The molecule has 0 spiro atoms. The standard InChI is InChI=1S/C22H34ClN5O2.HI/c1-5-24-21(26-15-22(12-6-7-13-22)20(30)28(3)4)25-14-11-19(29)27-18-10-8-9-17(23)16(18)2;/h8-10H,5-7,11-15H2,1-4H3,(H,27,29)(H2,24,25,26);1H. The van der Waals surface area contributed by atoms with E-state index in [1.165, 1.54) is 0 Å². The van der Waals surface area contributed by atoms with Crippen LogP contribution < -0.4 is 16.0 Å². The van der Waals surface area contributed by atoms with Crippen LogP contribution in [0.4, 0.5) is 5.69 Å². The maximum absolute atomic E-state index is 12.7. The Balaban J connectivity index is 0.00000480. The molecule has 0 bridgehead atoms. The van der Waals surface area contributed by atoms with E-state index in [1.807, 2.05) is 26.0 Å². The SMILES string of the molecule is CCNC(=NCC1(C(=O)N(C)C)CCCC1)NCCC(=O)Nc1cccc(Cl)c1C.I. The fraction of sp³-hybridized carbons (Fsp3) is 0.591. The lowest BCUT2D eigenvalue weighted by atomic mass is 9.85. The van der Waals surface area contributed by atoms with Crippen LogP contribution in [-0.4, -0.2) is 56.4 Å². The third kappa shape index (κ3) is 7.82. The number of hydrogen-bond donors (Lipinski definition) is 3. The van der Waals surface area contributed by atoms with E-state index in [0.717, 1.165) is 36.9 Å². The zero-order valence-electron chi connectivity index (χ0n) is 18.9. The predicted octanol–water partition coefficient (Wildman–Crippen LogP) is 3.80. The van der Waals surface area contributed by atoms with Gasteiger partial charge in [0.05, 0.1) is 12.0 Å². The molecule has 0 heterocycles. The van der Waals surface area contributed by atoms with Gasteiger partial charge in [0.2, 0.25) is 11.8 Å². The van der Waals surface area contributed by atoms with Gasteiger partial charge in [-0.1, -0.05) is 30.5 Å². The van der Waals surface area contributed by atoms with Crippen molar-refractivity contribution in [3.05, 3.63) is 28.8 Å². The summed E-state index contributed by atoms with van der Waals surface area (Å²) in [6.45, 7) is 5.45. The first-order chi connectivity index (χ1) is 14.3. The van der Waals surface area contributed by atoms with Crippen molar-refractivity contribution in [1.29, 1.82) is 0 Å². The monoisotopic (exact) mass is 563 g/mol. The Morgan fingerprint density at radius 3 is 2.48 bits per heavy atom. The first kappa shape index (κ1) is 27.5. The smallest absolute Gasteiger partial charge is 0.230 e. The maximum atomic E-state index is 12.7. The fourth-order valence-corrected chi connectivity index (χ4v) is 3.96. The van der Waals surface area contributed by atoms with Crippen molar-refractivity contribution in [1.82, 2.24) is 15.5 Å². The van der Waals surface area contributed by atoms with E-state index in [4.69, 9.17) is 11.6 Å². The van der Waals surface area contributed by atoms with Gasteiger partial charge in [-0.15, -0.1) is 24.0 Å². The number of rotatable bonds is 8. The maximum Gasteiger partial charge on any atom is 0.230 e. The summed E-state index contributed by atoms with van der Waals surface area (Å²) in [4.78, 5) is 31.4. The molecule has 0 aromatic heterocycles. The third-order valence-electron chi connectivity index (χ3n) is 5.49. The summed E-state index contributed by atoms with van der Waals surface area (Å²) in [6.07, 6.45) is 4.14. The Morgan fingerprint density at radius 1 is 1.19 bits per heavy atom. The number of carbonyl (C=O) groups excluding carboxylic acids is 2. The molecular weight excluding hydrogens is 529 g/mol. The van der Waals surface area contributed by atoms with E-state index < -0.39 is 5.41 Å². The van der Waals surface area contributed by atoms with Gasteiger partial charge >= 0.3 is 0 Å². The number of nitrogens with zero attached hydrogens (tertiary/aromatic N) is 2. The van der Waals surface area contributed by atoms with Gasteiger partial charge in [-0.25, -0.2) is 0 Å². The summed E-state index contributed by atoms with van der Waals surface area (Å²) in [5, 5.41) is 9.92. The van der Waals surface area contributed by atoms with Gasteiger partial charge in [0.1, 0.15) is 0 Å². The highest BCUT2D eigenvalue weighted by Crippen LogP contribution is 2.39. The molecule has 0 radical (unpaired) electrons. The van der Waals surface area contributed by atoms with E-state index >= 15 is 0 Å². The number of halogens is 2. The van der Waals surface area contributed by atoms with Crippen molar-refractivity contribution in [2.75, 3.05) is 39.0 Å². The van der Waals surface area contributed by atoms with E-state index in [-0.39, 0.29) is 42.2 Å². The van der Waals surface area contributed by atoms with E-state index in [2.05, 4.69) is 20.9 Å². The molecule has 9 heteroatoms. The highest BCUT2D eigenvalue weighted by atomic mass is 127. The molecule has 0 saturated heterocycles. The average molecular weight is 564 g/mol. The molecule has 1 saturated carbocycles. The topological polar surface area (TPSA) is 85.8 Å². The Kier molecular flexibility index (Phi) is 11.6. The molecule has 2 amide bonds. The van der Waals surface area contributed by atoms with Crippen LogP contribution in [-0.2, 0) is 9.59 Å². The molecule has 1 aromatic carbocycles. The van der Waals surface area contributed by atoms with E-state index in [0.29, 0.717) is 30.6 Å². The zero-order valence-corrected chi connectivity index (χ0v) is 22.0. The largest absolute Gasteiger partial charge is 0.357 e. The van der Waals surface area contributed by atoms with Crippen molar-refractivity contribution in [3.8, 4) is 0 Å². The number of amides is 2. The molecule has 31 heavy (non-hydrogen) atoms. The van der Waals surface area contributed by atoms with Gasteiger partial charge in [-0.3, -0.25) is 14.6 Å². The minimum atomic E-state index is -0.409. The lowest BCUT2D eigenvalue weighted by Gasteiger charge is -2.29. The van der Waals surface area contributed by atoms with E-state index in [1.54, 1.807) is 25.1 Å². The van der Waals surface area contributed by atoms with Gasteiger partial charge < -0.3 is 20.9 Å². The summed E-state index contributed by atoms with van der Waals surface area (Å²) in [7, 11) is 3.60. The zero-order chi connectivity index (χ0) is 22.1. The molecule has 3 N–H and O–H groups in total. The molecule has 174 valence electrons. The van der Waals surface area contributed by atoms with Gasteiger partial charge in [-0.05, 0) is 44.4 Å². The van der Waals surface area contributed by atoms with Gasteiger partial charge in [0, 0.05) is 44.3 Å². The molecular formula is C22H35ClIN5O2. The number of guanidine groups is 1. The second-order valence-electron chi connectivity index (χ2n) is 8.02. The minimum absolute atomic E-state index is 0. The quantitative estimate of drug-likeness (QED) is 0.255. The van der Waals surface area contributed by atoms with Crippen LogP contribution in [0, 0.1) is 12.3 Å². The van der Waals surface area contributed by atoms with Crippen LogP contribution in [0.25, 0.3) is 0 Å². The Hall–Kier alpha value is -1.55. The molecule has 0 aliphatic heterocycles. The van der Waals surface area contributed by atoms with Gasteiger partial charge in [0.15, 0.2) is 5.96 Å². The highest BCUT2D eigenvalue weighted by molar-refractivity contribution is 14.0. The van der Waals surface area contributed by atoms with E-state index in [9.17, 15) is 9.59 Å². The number of aliphatic imine (C=N–C) groups is 1. The summed E-state index contributed by atoms with van der Waals surface area (Å²) in [5.41, 5.74) is 1.16. The number of carbonyl (C=O) groups is 2. The Bertz CT molecular complexity index is 779. The number of hydrogen-bond acceptors (Lipinski definition) is 3. The third-order valence-corrected chi connectivity index (χ3v) is 5.90. The molecule has 1 aromatic rings. The van der Waals surface area contributed by atoms with Crippen molar-refractivity contribution < 1.29 is 9.59 Å². The summed E-state index contributed by atoms with van der Waals surface area (Å²) in [5.74, 6) is 0.677. The fourth-order valence-electron chi connectivity index (χ4n) is 3.79. The van der Waals surface area contributed by atoms with Crippen LogP contribution in [0.5, 0.6) is 0 Å². The van der Waals surface area contributed by atoms with Crippen LogP contribution in [0.3, 0.4) is 0 Å². The second kappa shape index (κ2) is 13.1. The summed E-state index contributed by atoms with van der Waals surface area (Å²) >= 11 is 6.10. The molecule has 0 unspecified atom stereocenters. The Labute approximate surface area is 207 Å². The van der Waals surface area contributed by atoms with Gasteiger partial charge in [-0.2, -0.15) is 0 Å². The van der Waals surface area contributed by atoms with Crippen molar-refractivity contribution >= 4 is 59.0 Å². The number of benzene rings is 1. The predicted molar refractivity (Wildman–Crippen MR) is 138 cm³/mol. The van der Waals surface area contributed by atoms with Crippen molar-refractivity contribution in [2.24, 2.45) is 10.4 Å². The molecule has 1 fully saturated rings. The highest BCUT2D eigenvalue weighted by Gasteiger charge is 2.42. The lowest BCUT2D eigenvalue weighted by Crippen LogP contribution is -2.43. The number of nitrogens with one attached hydrogen (secondary N) is 3. The molecule has 1 aliphatic carbocycles. The number of anilines is 1. The van der Waals surface area contributed by atoms with Gasteiger partial charge in [0.25, 0.3) is 0 Å². The second-order valence-corrected chi connectivity index (χ2v) is 8.43. The van der Waals surface area contributed by atoms with Crippen LogP contribution in [0.1, 0.15) is 44.6 Å². The summed E-state index contributed by atoms with van der Waals surface area (Å²) in [6, 6.07) is 5.44. The average Bonchev–Trinajstić information content (AvgIpc) is 3.19.